The van der Waals surface area contributed by atoms with Crippen molar-refractivity contribution >= 4 is 17.3 Å². The van der Waals surface area contributed by atoms with E-state index in [1.165, 1.54) is 0 Å². The van der Waals surface area contributed by atoms with Crippen LogP contribution in [0.1, 0.15) is 19.8 Å². The van der Waals surface area contributed by atoms with Crippen LogP contribution < -0.4 is 16.0 Å². The highest BCUT2D eigenvalue weighted by Gasteiger charge is 2.20. The number of hydrogen-bond acceptors (Lipinski definition) is 4. The third-order valence-corrected chi connectivity index (χ3v) is 3.07. The van der Waals surface area contributed by atoms with Crippen molar-refractivity contribution in [2.24, 2.45) is 0 Å². The number of carbonyl (C=O) groups excluding carboxylic acids is 1. The summed E-state index contributed by atoms with van der Waals surface area (Å²) in [5, 5.41) is 2.96. The van der Waals surface area contributed by atoms with Gasteiger partial charge in [0.25, 0.3) is 0 Å². The summed E-state index contributed by atoms with van der Waals surface area (Å²) < 4.78 is 0. The van der Waals surface area contributed by atoms with E-state index in [0.717, 1.165) is 31.6 Å². The summed E-state index contributed by atoms with van der Waals surface area (Å²) in [5.74, 6) is 0.0480. The molecule has 5 nitrogen and oxygen atoms in total. The minimum atomic E-state index is 0.0480. The first kappa shape index (κ1) is 11.7. The van der Waals surface area contributed by atoms with Crippen LogP contribution in [-0.2, 0) is 4.79 Å². The number of nitrogen functional groups attached to an aromatic ring is 1. The zero-order chi connectivity index (χ0) is 12.3. The summed E-state index contributed by atoms with van der Waals surface area (Å²) in [6.45, 7) is 3.39. The quantitative estimate of drug-likeness (QED) is 0.793. The molecule has 0 aliphatic carbocycles. The van der Waals surface area contributed by atoms with Crippen LogP contribution in [0.3, 0.4) is 0 Å². The molecule has 2 rings (SSSR count). The predicted molar refractivity (Wildman–Crippen MR) is 67.7 cm³/mol. The second kappa shape index (κ2) is 5.03. The van der Waals surface area contributed by atoms with Crippen LogP contribution in [0.25, 0.3) is 0 Å². The molecule has 0 atom stereocenters. The third-order valence-electron chi connectivity index (χ3n) is 3.07. The number of nitrogens with zero attached hydrogens (tertiary/aromatic N) is 2. The largest absolute Gasteiger partial charge is 0.396 e. The second-order valence-electron chi connectivity index (χ2n) is 4.40. The minimum Gasteiger partial charge on any atom is -0.396 e. The fraction of sp³-hybridized carbons (Fsp3) is 0.500. The molecule has 0 unspecified atom stereocenters. The Labute approximate surface area is 101 Å². The zero-order valence-corrected chi connectivity index (χ0v) is 10.0. The Balaban J connectivity index is 1.95. The number of rotatable bonds is 2. The monoisotopic (exact) mass is 234 g/mol. The van der Waals surface area contributed by atoms with Crippen LogP contribution in [-0.4, -0.2) is 30.0 Å². The smallest absolute Gasteiger partial charge is 0.217 e. The second-order valence-corrected chi connectivity index (χ2v) is 4.40. The summed E-state index contributed by atoms with van der Waals surface area (Å²) in [6.07, 6.45) is 5.35. The first-order valence-electron chi connectivity index (χ1n) is 5.88. The first-order valence-corrected chi connectivity index (χ1v) is 5.88. The van der Waals surface area contributed by atoms with Crippen molar-refractivity contribution in [3.05, 3.63) is 18.5 Å². The van der Waals surface area contributed by atoms with Crippen molar-refractivity contribution < 1.29 is 4.79 Å². The van der Waals surface area contributed by atoms with Crippen molar-refractivity contribution in [1.29, 1.82) is 0 Å². The van der Waals surface area contributed by atoms with Crippen LogP contribution in [0.2, 0.25) is 0 Å². The van der Waals surface area contributed by atoms with Crippen LogP contribution in [0.15, 0.2) is 18.5 Å². The molecule has 1 amide bonds. The molecular weight excluding hydrogens is 216 g/mol. The Hall–Kier alpha value is -1.78. The van der Waals surface area contributed by atoms with E-state index < -0.39 is 0 Å². The molecule has 1 aromatic heterocycles. The molecule has 0 spiro atoms. The molecule has 1 aromatic rings. The summed E-state index contributed by atoms with van der Waals surface area (Å²) in [6, 6.07) is 2.24. The molecule has 1 fully saturated rings. The van der Waals surface area contributed by atoms with Crippen molar-refractivity contribution in [2.75, 3.05) is 23.7 Å². The van der Waals surface area contributed by atoms with Crippen LogP contribution in [0.4, 0.5) is 11.4 Å². The number of piperidine rings is 1. The van der Waals surface area contributed by atoms with Crippen LogP contribution in [0.5, 0.6) is 0 Å². The number of hydrogen-bond donors (Lipinski definition) is 2. The number of aromatic nitrogens is 1. The van der Waals surface area contributed by atoms with Gasteiger partial charge in [-0.1, -0.05) is 0 Å². The summed E-state index contributed by atoms with van der Waals surface area (Å²) in [4.78, 5) is 17.2. The fourth-order valence-corrected chi connectivity index (χ4v) is 2.24. The highest BCUT2D eigenvalue weighted by Crippen LogP contribution is 2.24. The molecule has 0 radical (unpaired) electrons. The van der Waals surface area contributed by atoms with E-state index in [1.54, 1.807) is 19.3 Å². The van der Waals surface area contributed by atoms with Crippen LogP contribution >= 0.6 is 0 Å². The number of pyridine rings is 1. The van der Waals surface area contributed by atoms with E-state index in [1.807, 2.05) is 6.07 Å². The van der Waals surface area contributed by atoms with E-state index >= 15 is 0 Å². The third kappa shape index (κ3) is 2.87. The topological polar surface area (TPSA) is 71.2 Å². The van der Waals surface area contributed by atoms with Gasteiger partial charge in [-0.05, 0) is 18.9 Å². The molecule has 1 aliphatic heterocycles. The number of carbonyl (C=O) groups is 1. The Morgan fingerprint density at radius 2 is 2.24 bits per heavy atom. The summed E-state index contributed by atoms with van der Waals surface area (Å²) in [5.41, 5.74) is 7.65. The highest BCUT2D eigenvalue weighted by atomic mass is 16.1. The van der Waals surface area contributed by atoms with Gasteiger partial charge in [-0.2, -0.15) is 0 Å². The maximum absolute atomic E-state index is 11.0. The van der Waals surface area contributed by atoms with Crippen molar-refractivity contribution in [2.45, 2.75) is 25.8 Å². The molecular formula is C12H18N4O. The predicted octanol–water partition coefficient (Wildman–Crippen LogP) is 0.769. The summed E-state index contributed by atoms with van der Waals surface area (Å²) >= 11 is 0. The minimum absolute atomic E-state index is 0.0480. The highest BCUT2D eigenvalue weighted by molar-refractivity contribution is 5.73. The molecule has 0 bridgehead atoms. The van der Waals surface area contributed by atoms with Crippen molar-refractivity contribution in [3.63, 3.8) is 0 Å². The van der Waals surface area contributed by atoms with Gasteiger partial charge in [-0.15, -0.1) is 0 Å². The van der Waals surface area contributed by atoms with Gasteiger partial charge in [0.05, 0.1) is 17.6 Å². The fourth-order valence-electron chi connectivity index (χ4n) is 2.24. The van der Waals surface area contributed by atoms with Crippen molar-refractivity contribution in [1.82, 2.24) is 10.3 Å². The average Bonchev–Trinajstić information content (AvgIpc) is 2.30. The molecule has 17 heavy (non-hydrogen) atoms. The van der Waals surface area contributed by atoms with Gasteiger partial charge in [0.15, 0.2) is 0 Å². The van der Waals surface area contributed by atoms with Gasteiger partial charge in [0.2, 0.25) is 5.91 Å². The number of nitrogens with two attached hydrogens (primary N) is 1. The van der Waals surface area contributed by atoms with Gasteiger partial charge >= 0.3 is 0 Å². The maximum atomic E-state index is 11.0. The lowest BCUT2D eigenvalue weighted by atomic mass is 10.0. The number of amides is 1. The van der Waals surface area contributed by atoms with E-state index in [0.29, 0.717) is 11.7 Å². The van der Waals surface area contributed by atoms with Gasteiger partial charge in [0.1, 0.15) is 0 Å². The standard InChI is InChI=1S/C12H18N4O/c1-9(17)15-10-3-6-16(7-4-10)12-2-5-14-8-11(12)13/h2,5,8,10H,3-4,6-7,13H2,1H3,(H,15,17). The molecule has 1 saturated heterocycles. The van der Waals surface area contributed by atoms with E-state index in [9.17, 15) is 4.79 Å². The molecule has 1 aliphatic rings. The molecule has 5 heteroatoms. The molecule has 92 valence electrons. The Morgan fingerprint density at radius 3 is 2.82 bits per heavy atom. The number of nitrogens with one attached hydrogen (secondary N) is 1. The van der Waals surface area contributed by atoms with Crippen LogP contribution in [0, 0.1) is 0 Å². The lowest BCUT2D eigenvalue weighted by Gasteiger charge is -2.34. The van der Waals surface area contributed by atoms with E-state index in [2.05, 4.69) is 15.2 Å². The van der Waals surface area contributed by atoms with Gasteiger partial charge < -0.3 is 16.0 Å². The molecule has 0 aromatic carbocycles. The SMILES string of the molecule is CC(=O)NC1CCN(c2ccncc2N)CC1. The average molecular weight is 234 g/mol. The van der Waals surface area contributed by atoms with Crippen molar-refractivity contribution in [3.8, 4) is 0 Å². The normalized spacial score (nSPS) is 16.9. The summed E-state index contributed by atoms with van der Waals surface area (Å²) in [7, 11) is 0. The lowest BCUT2D eigenvalue weighted by molar-refractivity contribution is -0.119. The molecule has 0 saturated carbocycles. The van der Waals surface area contributed by atoms with Gasteiger partial charge in [-0.3, -0.25) is 9.78 Å². The maximum Gasteiger partial charge on any atom is 0.217 e. The van der Waals surface area contributed by atoms with E-state index in [4.69, 9.17) is 5.73 Å². The zero-order valence-electron chi connectivity index (χ0n) is 10.0. The Kier molecular flexibility index (Phi) is 3.46. The first-order chi connectivity index (χ1) is 8.16. The molecule has 3 N–H and O–H groups in total. The van der Waals surface area contributed by atoms with E-state index in [-0.39, 0.29) is 5.91 Å². The number of anilines is 2. The Bertz CT molecular complexity index is 399. The van der Waals surface area contributed by atoms with Gasteiger partial charge in [-0.25, -0.2) is 0 Å². The lowest BCUT2D eigenvalue weighted by Crippen LogP contribution is -2.44. The Morgan fingerprint density at radius 1 is 1.53 bits per heavy atom. The molecule has 2 heterocycles. The van der Waals surface area contributed by atoms with Gasteiger partial charge in [0, 0.05) is 32.3 Å².